The van der Waals surface area contributed by atoms with Gasteiger partial charge in [-0.3, -0.25) is 9.52 Å². The van der Waals surface area contributed by atoms with Crippen molar-refractivity contribution in [2.45, 2.75) is 17.9 Å². The number of halogens is 1. The van der Waals surface area contributed by atoms with Crippen LogP contribution in [0.4, 0.5) is 5.69 Å². The molecule has 0 bridgehead atoms. The Labute approximate surface area is 179 Å². The van der Waals surface area contributed by atoms with Crippen molar-refractivity contribution >= 4 is 33.2 Å². The first-order chi connectivity index (χ1) is 14.4. The zero-order chi connectivity index (χ0) is 21.3. The van der Waals surface area contributed by atoms with Crippen LogP contribution in [0.5, 0.6) is 5.75 Å². The molecule has 30 heavy (non-hydrogen) atoms. The second-order valence-electron chi connectivity index (χ2n) is 6.84. The topological polar surface area (TPSA) is 88.9 Å². The van der Waals surface area contributed by atoms with E-state index in [4.69, 9.17) is 20.8 Å². The normalized spacial score (nSPS) is 13.6. The molecular weight excluding hydrogens is 428 g/mol. The van der Waals surface area contributed by atoms with Crippen LogP contribution in [-0.4, -0.2) is 32.9 Å². The first kappa shape index (κ1) is 20.3. The molecule has 2 heterocycles. The van der Waals surface area contributed by atoms with Crippen molar-refractivity contribution in [2.75, 3.05) is 18.4 Å². The molecule has 0 spiro atoms. The van der Waals surface area contributed by atoms with Crippen LogP contribution in [0, 0.1) is 0 Å². The Kier molecular flexibility index (Phi) is 5.44. The van der Waals surface area contributed by atoms with Crippen molar-refractivity contribution in [1.82, 2.24) is 4.90 Å². The van der Waals surface area contributed by atoms with Gasteiger partial charge in [-0.2, -0.15) is 0 Å². The molecule has 1 amide bonds. The molecule has 0 aliphatic carbocycles. The van der Waals surface area contributed by atoms with Crippen LogP contribution in [0.15, 0.2) is 64.1 Å². The first-order valence-corrected chi connectivity index (χ1v) is 11.0. The number of sulfonamides is 1. The standard InChI is InChI=1S/C21H19ClN2O5S/c1-28-18-7-5-16(22)12-20(18)30(26,27)23-17-6-4-14-8-9-24(13-15(14)11-17)21(25)19-3-2-10-29-19/h2-7,10-12,23H,8-9,13H2,1H3. The van der Waals surface area contributed by atoms with Crippen LogP contribution in [0.1, 0.15) is 21.7 Å². The van der Waals surface area contributed by atoms with Crippen LogP contribution >= 0.6 is 11.6 Å². The lowest BCUT2D eigenvalue weighted by Gasteiger charge is -2.28. The van der Waals surface area contributed by atoms with Gasteiger partial charge in [0.25, 0.3) is 15.9 Å². The van der Waals surface area contributed by atoms with E-state index in [1.54, 1.807) is 35.2 Å². The van der Waals surface area contributed by atoms with Crippen LogP contribution in [0.3, 0.4) is 0 Å². The van der Waals surface area contributed by atoms with Crippen LogP contribution in [-0.2, 0) is 23.0 Å². The van der Waals surface area contributed by atoms with E-state index in [0.717, 1.165) is 11.1 Å². The van der Waals surface area contributed by atoms with E-state index in [2.05, 4.69) is 4.72 Å². The highest BCUT2D eigenvalue weighted by atomic mass is 35.5. The highest BCUT2D eigenvalue weighted by Gasteiger charge is 2.25. The van der Waals surface area contributed by atoms with Gasteiger partial charge in [0.2, 0.25) is 0 Å². The molecule has 2 aromatic carbocycles. The van der Waals surface area contributed by atoms with Gasteiger partial charge in [-0.1, -0.05) is 17.7 Å². The van der Waals surface area contributed by atoms with Gasteiger partial charge in [-0.25, -0.2) is 8.42 Å². The highest BCUT2D eigenvalue weighted by molar-refractivity contribution is 7.92. The number of benzene rings is 2. The van der Waals surface area contributed by atoms with Crippen LogP contribution < -0.4 is 9.46 Å². The molecule has 0 atom stereocenters. The number of carbonyl (C=O) groups excluding carboxylic acids is 1. The van der Waals surface area contributed by atoms with Gasteiger partial charge in [0.05, 0.1) is 13.4 Å². The largest absolute Gasteiger partial charge is 0.495 e. The Balaban J connectivity index is 1.58. The fourth-order valence-electron chi connectivity index (χ4n) is 3.42. The summed E-state index contributed by atoms with van der Waals surface area (Å²) in [7, 11) is -2.53. The Morgan fingerprint density at radius 2 is 2.00 bits per heavy atom. The monoisotopic (exact) mass is 446 g/mol. The van der Waals surface area contributed by atoms with E-state index in [0.29, 0.717) is 25.2 Å². The number of hydrogen-bond donors (Lipinski definition) is 1. The number of amides is 1. The first-order valence-electron chi connectivity index (χ1n) is 9.18. The summed E-state index contributed by atoms with van der Waals surface area (Å²) in [5, 5.41) is 0.286. The zero-order valence-corrected chi connectivity index (χ0v) is 17.7. The summed E-state index contributed by atoms with van der Waals surface area (Å²) in [5.74, 6) is 0.281. The summed E-state index contributed by atoms with van der Waals surface area (Å²) in [4.78, 5) is 14.2. The van der Waals surface area contributed by atoms with Crippen molar-refractivity contribution < 1.29 is 22.4 Å². The molecule has 9 heteroatoms. The van der Waals surface area contributed by atoms with Crippen molar-refractivity contribution in [3.05, 3.63) is 76.7 Å². The average Bonchev–Trinajstić information content (AvgIpc) is 3.27. The molecule has 0 saturated heterocycles. The fraction of sp³-hybridized carbons (Fsp3) is 0.190. The second-order valence-corrected chi connectivity index (χ2v) is 8.93. The molecule has 7 nitrogen and oxygen atoms in total. The number of ether oxygens (including phenoxy) is 1. The smallest absolute Gasteiger partial charge is 0.289 e. The molecule has 156 valence electrons. The molecule has 0 saturated carbocycles. The molecular formula is C21H19ClN2O5S. The Morgan fingerprint density at radius 3 is 2.73 bits per heavy atom. The predicted octanol–water partition coefficient (Wildman–Crippen LogP) is 3.94. The lowest BCUT2D eigenvalue weighted by molar-refractivity contribution is 0.0702. The summed E-state index contributed by atoms with van der Waals surface area (Å²) in [6.07, 6.45) is 2.14. The third-order valence-electron chi connectivity index (χ3n) is 4.91. The van der Waals surface area contributed by atoms with Gasteiger partial charge < -0.3 is 14.1 Å². The molecule has 1 N–H and O–H groups in total. The van der Waals surface area contributed by atoms with Gasteiger partial charge >= 0.3 is 0 Å². The number of carbonyl (C=O) groups is 1. The van der Waals surface area contributed by atoms with Crippen molar-refractivity contribution in [1.29, 1.82) is 0 Å². The Morgan fingerprint density at radius 1 is 1.17 bits per heavy atom. The van der Waals surface area contributed by atoms with Crippen molar-refractivity contribution in [2.24, 2.45) is 0 Å². The third kappa shape index (κ3) is 4.01. The average molecular weight is 447 g/mol. The number of furan rings is 1. The van der Waals surface area contributed by atoms with Crippen LogP contribution in [0.25, 0.3) is 0 Å². The number of anilines is 1. The number of rotatable bonds is 5. The molecule has 0 radical (unpaired) electrons. The second kappa shape index (κ2) is 8.04. The third-order valence-corrected chi connectivity index (χ3v) is 6.54. The maximum atomic E-state index is 12.9. The van der Waals surface area contributed by atoms with Gasteiger partial charge in [0.1, 0.15) is 10.6 Å². The molecule has 0 fully saturated rings. The summed E-state index contributed by atoms with van der Waals surface area (Å²) in [6.45, 7) is 0.933. The Bertz CT molecular complexity index is 1190. The van der Waals surface area contributed by atoms with Crippen molar-refractivity contribution in [3.8, 4) is 5.75 Å². The maximum absolute atomic E-state index is 12.9. The molecule has 1 aliphatic heterocycles. The molecule has 4 rings (SSSR count). The SMILES string of the molecule is COc1ccc(Cl)cc1S(=O)(=O)Nc1ccc2c(c1)CN(C(=O)c1ccco1)CC2. The summed E-state index contributed by atoms with van der Waals surface area (Å²) < 4.78 is 38.7. The minimum atomic E-state index is -3.93. The number of nitrogens with zero attached hydrogens (tertiary/aromatic N) is 1. The molecule has 1 aliphatic rings. The number of hydrogen-bond acceptors (Lipinski definition) is 5. The highest BCUT2D eigenvalue weighted by Crippen LogP contribution is 2.30. The summed E-state index contributed by atoms with van der Waals surface area (Å²) in [6, 6.07) is 13.0. The van der Waals surface area contributed by atoms with Gasteiger partial charge in [-0.05, 0) is 60.0 Å². The number of fused-ring (bicyclic) bond motifs is 1. The lowest BCUT2D eigenvalue weighted by Crippen LogP contribution is -2.35. The van der Waals surface area contributed by atoms with E-state index in [1.165, 1.54) is 25.5 Å². The molecule has 1 aromatic heterocycles. The number of methoxy groups -OCH3 is 1. The lowest BCUT2D eigenvalue weighted by atomic mass is 9.99. The van der Waals surface area contributed by atoms with Crippen LogP contribution in [0.2, 0.25) is 5.02 Å². The molecule has 0 unspecified atom stereocenters. The van der Waals surface area contributed by atoms with E-state index < -0.39 is 10.0 Å². The Hall–Kier alpha value is -2.97. The quantitative estimate of drug-likeness (QED) is 0.641. The van der Waals surface area contributed by atoms with E-state index in [9.17, 15) is 13.2 Å². The van der Waals surface area contributed by atoms with Gasteiger partial charge in [-0.15, -0.1) is 0 Å². The molecule has 3 aromatic rings. The fourth-order valence-corrected chi connectivity index (χ4v) is 4.90. The minimum Gasteiger partial charge on any atom is -0.495 e. The van der Waals surface area contributed by atoms with Crippen molar-refractivity contribution in [3.63, 3.8) is 0 Å². The maximum Gasteiger partial charge on any atom is 0.289 e. The zero-order valence-electron chi connectivity index (χ0n) is 16.1. The van der Waals surface area contributed by atoms with E-state index in [-0.39, 0.29) is 27.3 Å². The van der Waals surface area contributed by atoms with E-state index in [1.807, 2.05) is 6.07 Å². The van der Waals surface area contributed by atoms with E-state index >= 15 is 0 Å². The van der Waals surface area contributed by atoms with Gasteiger partial charge in [0, 0.05) is 23.8 Å². The minimum absolute atomic E-state index is 0.0511. The number of nitrogens with one attached hydrogen (secondary N) is 1. The summed E-state index contributed by atoms with van der Waals surface area (Å²) in [5.41, 5.74) is 2.34. The predicted molar refractivity (Wildman–Crippen MR) is 112 cm³/mol. The summed E-state index contributed by atoms with van der Waals surface area (Å²) >= 11 is 5.97. The van der Waals surface area contributed by atoms with Gasteiger partial charge in [0.15, 0.2) is 5.76 Å².